The molecule has 0 saturated carbocycles. The van der Waals surface area contributed by atoms with E-state index in [9.17, 15) is 4.79 Å². The van der Waals surface area contributed by atoms with Gasteiger partial charge in [0.25, 0.3) is 0 Å². The summed E-state index contributed by atoms with van der Waals surface area (Å²) in [4.78, 5) is 10.1. The highest BCUT2D eigenvalue weighted by atomic mass is 16.1. The first-order chi connectivity index (χ1) is 6.54. The molecule has 0 amide bonds. The summed E-state index contributed by atoms with van der Waals surface area (Å²) in [5.41, 5.74) is 2.47. The van der Waals surface area contributed by atoms with Crippen molar-refractivity contribution >= 4 is 12.0 Å². The second-order valence-electron chi connectivity index (χ2n) is 4.37. The van der Waals surface area contributed by atoms with E-state index in [1.54, 1.807) is 0 Å². The summed E-state index contributed by atoms with van der Waals surface area (Å²) in [6, 6.07) is 8.19. The maximum atomic E-state index is 10.1. The van der Waals surface area contributed by atoms with Crippen LogP contribution in [-0.4, -0.2) is 12.8 Å². The van der Waals surface area contributed by atoms with Crippen LogP contribution in [0.5, 0.6) is 0 Å². The van der Waals surface area contributed by atoms with Crippen molar-refractivity contribution in [3.8, 4) is 0 Å². The number of nitrogens with one attached hydrogen (secondary N) is 1. The van der Waals surface area contributed by atoms with Gasteiger partial charge in [0.05, 0.1) is 6.54 Å². The molecule has 0 spiro atoms. The molecular formula is C12H17NO. The van der Waals surface area contributed by atoms with Crippen molar-refractivity contribution < 1.29 is 4.79 Å². The normalized spacial score (nSPS) is 11.1. The Morgan fingerprint density at radius 3 is 2.21 bits per heavy atom. The maximum Gasteiger partial charge on any atom is 0.139 e. The summed E-state index contributed by atoms with van der Waals surface area (Å²) in [6.45, 7) is 6.91. The molecule has 0 unspecified atom stereocenters. The molecule has 0 bridgehead atoms. The molecule has 0 atom stereocenters. The van der Waals surface area contributed by atoms with Crippen LogP contribution in [0.15, 0.2) is 24.3 Å². The number of carbonyl (C=O) groups is 1. The van der Waals surface area contributed by atoms with E-state index in [0.29, 0.717) is 6.54 Å². The summed E-state index contributed by atoms with van der Waals surface area (Å²) in [5.74, 6) is 0. The molecule has 0 radical (unpaired) electrons. The van der Waals surface area contributed by atoms with Gasteiger partial charge in [0.1, 0.15) is 6.29 Å². The standard InChI is InChI=1S/C12H17NO/c1-12(2,3)10-4-6-11(7-5-10)13-8-9-14/h4-7,9,13H,8H2,1-3H3. The van der Waals surface area contributed by atoms with Crippen molar-refractivity contribution in [2.24, 2.45) is 0 Å². The third kappa shape index (κ3) is 2.87. The van der Waals surface area contributed by atoms with E-state index in [0.717, 1.165) is 12.0 Å². The fourth-order valence-corrected chi connectivity index (χ4v) is 1.25. The molecule has 0 aliphatic heterocycles. The minimum Gasteiger partial charge on any atom is -0.378 e. The molecule has 1 aromatic rings. The lowest BCUT2D eigenvalue weighted by Gasteiger charge is -2.19. The Bertz CT molecular complexity index is 295. The van der Waals surface area contributed by atoms with Gasteiger partial charge in [-0.15, -0.1) is 0 Å². The van der Waals surface area contributed by atoms with E-state index in [4.69, 9.17) is 0 Å². The molecule has 0 saturated heterocycles. The zero-order valence-corrected chi connectivity index (χ0v) is 9.00. The lowest BCUT2D eigenvalue weighted by molar-refractivity contribution is -0.106. The first-order valence-corrected chi connectivity index (χ1v) is 4.82. The molecule has 0 heterocycles. The van der Waals surface area contributed by atoms with E-state index in [1.165, 1.54) is 5.56 Å². The lowest BCUT2D eigenvalue weighted by atomic mass is 9.87. The van der Waals surface area contributed by atoms with Crippen molar-refractivity contribution in [1.29, 1.82) is 0 Å². The van der Waals surface area contributed by atoms with Gasteiger partial charge in [-0.05, 0) is 23.1 Å². The maximum absolute atomic E-state index is 10.1. The van der Waals surface area contributed by atoms with Crippen LogP contribution in [0.25, 0.3) is 0 Å². The highest BCUT2D eigenvalue weighted by Crippen LogP contribution is 2.23. The second-order valence-corrected chi connectivity index (χ2v) is 4.37. The lowest BCUT2D eigenvalue weighted by Crippen LogP contribution is -2.11. The minimum absolute atomic E-state index is 0.184. The van der Waals surface area contributed by atoms with Gasteiger partial charge >= 0.3 is 0 Å². The van der Waals surface area contributed by atoms with Crippen LogP contribution in [-0.2, 0) is 10.2 Å². The van der Waals surface area contributed by atoms with Gasteiger partial charge < -0.3 is 10.1 Å². The summed E-state index contributed by atoms with van der Waals surface area (Å²) in [6.07, 6.45) is 0.859. The average molecular weight is 191 g/mol. The Kier molecular flexibility index (Phi) is 3.28. The minimum atomic E-state index is 0.184. The fourth-order valence-electron chi connectivity index (χ4n) is 1.25. The summed E-state index contributed by atoms with van der Waals surface area (Å²) in [7, 11) is 0. The summed E-state index contributed by atoms with van der Waals surface area (Å²) in [5, 5.41) is 3.00. The molecule has 0 aliphatic carbocycles. The molecule has 0 aliphatic rings. The van der Waals surface area contributed by atoms with Crippen LogP contribution in [0.2, 0.25) is 0 Å². The van der Waals surface area contributed by atoms with Crippen LogP contribution < -0.4 is 5.32 Å². The number of rotatable bonds is 3. The van der Waals surface area contributed by atoms with Gasteiger partial charge in [-0.25, -0.2) is 0 Å². The van der Waals surface area contributed by atoms with Crippen molar-refractivity contribution in [3.63, 3.8) is 0 Å². The van der Waals surface area contributed by atoms with Crippen LogP contribution in [0.4, 0.5) is 5.69 Å². The van der Waals surface area contributed by atoms with E-state index in [2.05, 4.69) is 38.2 Å². The molecule has 14 heavy (non-hydrogen) atoms. The molecule has 1 rings (SSSR count). The van der Waals surface area contributed by atoms with Gasteiger partial charge in [-0.2, -0.15) is 0 Å². The van der Waals surface area contributed by atoms with Crippen molar-refractivity contribution in [3.05, 3.63) is 29.8 Å². The molecule has 0 aromatic heterocycles. The molecule has 0 fully saturated rings. The zero-order valence-electron chi connectivity index (χ0n) is 9.00. The highest BCUT2D eigenvalue weighted by Gasteiger charge is 2.12. The van der Waals surface area contributed by atoms with Gasteiger partial charge in [0.2, 0.25) is 0 Å². The number of anilines is 1. The van der Waals surface area contributed by atoms with Gasteiger partial charge in [-0.1, -0.05) is 32.9 Å². The number of hydrogen-bond acceptors (Lipinski definition) is 2. The number of aldehydes is 1. The van der Waals surface area contributed by atoms with Crippen molar-refractivity contribution in [2.75, 3.05) is 11.9 Å². The van der Waals surface area contributed by atoms with E-state index < -0.39 is 0 Å². The van der Waals surface area contributed by atoms with Crippen LogP contribution in [0.3, 0.4) is 0 Å². The number of benzene rings is 1. The topological polar surface area (TPSA) is 29.1 Å². The average Bonchev–Trinajstić information content (AvgIpc) is 2.14. The van der Waals surface area contributed by atoms with Crippen LogP contribution >= 0.6 is 0 Å². The number of carbonyl (C=O) groups excluding carboxylic acids is 1. The molecule has 2 heteroatoms. The molecule has 1 N–H and O–H groups in total. The second kappa shape index (κ2) is 4.27. The third-order valence-electron chi connectivity index (χ3n) is 2.14. The van der Waals surface area contributed by atoms with E-state index in [-0.39, 0.29) is 5.41 Å². The Balaban J connectivity index is 2.73. The van der Waals surface area contributed by atoms with Gasteiger partial charge in [-0.3, -0.25) is 0 Å². The summed E-state index contributed by atoms with van der Waals surface area (Å²) >= 11 is 0. The summed E-state index contributed by atoms with van der Waals surface area (Å²) < 4.78 is 0. The largest absolute Gasteiger partial charge is 0.378 e. The fraction of sp³-hybridized carbons (Fsp3) is 0.417. The molecule has 76 valence electrons. The van der Waals surface area contributed by atoms with Crippen LogP contribution in [0, 0.1) is 0 Å². The first kappa shape index (κ1) is 10.8. The smallest absolute Gasteiger partial charge is 0.139 e. The Labute approximate surface area is 85.3 Å². The Morgan fingerprint density at radius 2 is 1.79 bits per heavy atom. The molecule has 2 nitrogen and oxygen atoms in total. The quantitative estimate of drug-likeness (QED) is 0.744. The predicted molar refractivity (Wildman–Crippen MR) is 59.7 cm³/mol. The molecule has 1 aromatic carbocycles. The SMILES string of the molecule is CC(C)(C)c1ccc(NCC=O)cc1. The Morgan fingerprint density at radius 1 is 1.21 bits per heavy atom. The van der Waals surface area contributed by atoms with Crippen molar-refractivity contribution in [2.45, 2.75) is 26.2 Å². The van der Waals surface area contributed by atoms with Gasteiger partial charge in [0.15, 0.2) is 0 Å². The predicted octanol–water partition coefficient (Wildman–Crippen LogP) is 2.59. The van der Waals surface area contributed by atoms with E-state index >= 15 is 0 Å². The highest BCUT2D eigenvalue weighted by molar-refractivity contribution is 5.59. The van der Waals surface area contributed by atoms with Crippen LogP contribution in [0.1, 0.15) is 26.3 Å². The Hall–Kier alpha value is -1.31. The third-order valence-corrected chi connectivity index (χ3v) is 2.14. The number of hydrogen-bond donors (Lipinski definition) is 1. The monoisotopic (exact) mass is 191 g/mol. The van der Waals surface area contributed by atoms with E-state index in [1.807, 2.05) is 12.1 Å². The first-order valence-electron chi connectivity index (χ1n) is 4.82. The molecular weight excluding hydrogens is 174 g/mol. The van der Waals surface area contributed by atoms with Crippen molar-refractivity contribution in [1.82, 2.24) is 0 Å². The van der Waals surface area contributed by atoms with Gasteiger partial charge in [0, 0.05) is 5.69 Å². The zero-order chi connectivity index (χ0) is 10.6.